The number of hydrogen-bond donors (Lipinski definition) is 1. The van der Waals surface area contributed by atoms with Crippen LogP contribution in [0.1, 0.15) is 86.6 Å². The molecule has 188 valence electrons. The van der Waals surface area contributed by atoms with E-state index in [4.69, 9.17) is 14.8 Å². The van der Waals surface area contributed by atoms with Crippen molar-refractivity contribution in [3.8, 4) is 5.75 Å². The van der Waals surface area contributed by atoms with Crippen LogP contribution in [0, 0.1) is 18.8 Å². The van der Waals surface area contributed by atoms with Gasteiger partial charge in [0.25, 0.3) is 12.3 Å². The van der Waals surface area contributed by atoms with Gasteiger partial charge in [0.15, 0.2) is 0 Å². The number of hydrogen-bond acceptors (Lipinski definition) is 6. The molecule has 6 rings (SSSR count). The van der Waals surface area contributed by atoms with E-state index < -0.39 is 0 Å². The highest BCUT2D eigenvalue weighted by atomic mass is 32.2. The van der Waals surface area contributed by atoms with E-state index in [2.05, 4.69) is 73.4 Å². The second-order valence-electron chi connectivity index (χ2n) is 12.2. The van der Waals surface area contributed by atoms with Crippen LogP contribution in [0.4, 0.5) is 0 Å². The Kier molecular flexibility index (Phi) is 5.77. The highest BCUT2D eigenvalue weighted by Gasteiger charge is 2.78. The summed E-state index contributed by atoms with van der Waals surface area (Å²) in [4.78, 5) is 4.13. The average Bonchev–Trinajstić information content (AvgIpc) is 3.32. The Hall–Kier alpha value is -1.57. The molecule has 0 aromatic heterocycles. The Morgan fingerprint density at radius 1 is 1.09 bits per heavy atom. The third-order valence-electron chi connectivity index (χ3n) is 9.51. The molecule has 1 saturated heterocycles. The number of nitrogens with two attached hydrogens (primary N) is 1. The summed E-state index contributed by atoms with van der Waals surface area (Å²) in [6.07, 6.45) is 8.32. The van der Waals surface area contributed by atoms with Crippen molar-refractivity contribution in [2.75, 3.05) is 0 Å². The van der Waals surface area contributed by atoms with Crippen molar-refractivity contribution in [3.05, 3.63) is 64.2 Å². The maximum absolute atomic E-state index is 6.81. The molecule has 1 spiro atoms. The summed E-state index contributed by atoms with van der Waals surface area (Å²) in [5, 5.41) is 0. The lowest BCUT2D eigenvalue weighted by molar-refractivity contribution is -0.199. The zero-order valence-electron chi connectivity index (χ0n) is 21.3. The van der Waals surface area contributed by atoms with Gasteiger partial charge in [-0.2, -0.15) is 5.90 Å². The molecule has 0 radical (unpaired) electrons. The van der Waals surface area contributed by atoms with E-state index in [-0.39, 0.29) is 16.6 Å². The van der Waals surface area contributed by atoms with E-state index >= 15 is 0 Å². The first-order chi connectivity index (χ1) is 16.8. The van der Waals surface area contributed by atoms with Gasteiger partial charge >= 0.3 is 0 Å². The lowest BCUT2D eigenvalue weighted by Crippen LogP contribution is -2.41. The third-order valence-corrected chi connectivity index (χ3v) is 9.89. The first-order valence-electron chi connectivity index (χ1n) is 13.1. The second-order valence-corrected chi connectivity index (χ2v) is 12.7. The zero-order valence-corrected chi connectivity index (χ0v) is 22.1. The minimum Gasteiger partial charge on any atom is -0.398 e. The van der Waals surface area contributed by atoms with Gasteiger partial charge < -0.3 is 8.92 Å². The van der Waals surface area contributed by atoms with Crippen molar-refractivity contribution < 1.29 is 18.2 Å². The van der Waals surface area contributed by atoms with Gasteiger partial charge in [0.2, 0.25) is 0 Å². The summed E-state index contributed by atoms with van der Waals surface area (Å²) in [7, 11) is 0. The van der Waals surface area contributed by atoms with Gasteiger partial charge in [-0.15, -0.1) is 9.32 Å². The molecule has 2 N–H and O–H groups in total. The summed E-state index contributed by atoms with van der Waals surface area (Å²) in [6, 6.07) is 13.8. The fraction of sp³-hybridized carbons (Fsp3) is 0.586. The topological polar surface area (TPSA) is 66.2 Å². The normalized spacial score (nSPS) is 32.9. The predicted molar refractivity (Wildman–Crippen MR) is 138 cm³/mol. The Bertz CT molecular complexity index is 1110. The van der Waals surface area contributed by atoms with Gasteiger partial charge in [0.1, 0.15) is 17.0 Å². The van der Waals surface area contributed by atoms with E-state index in [1.165, 1.54) is 54.4 Å². The number of fused-ring (bicyclic) bond motifs is 4. The van der Waals surface area contributed by atoms with Crippen LogP contribution in [-0.4, -0.2) is 11.2 Å². The van der Waals surface area contributed by atoms with Gasteiger partial charge in [-0.05, 0) is 103 Å². The Morgan fingerprint density at radius 3 is 2.63 bits per heavy atom. The molecule has 2 aromatic rings. The summed E-state index contributed by atoms with van der Waals surface area (Å²) < 4.78 is 17.1. The maximum Gasteiger partial charge on any atom is 0.260 e. The van der Waals surface area contributed by atoms with Crippen LogP contribution in [0.3, 0.4) is 0 Å². The molecular formula is C29H37NO4S. The molecule has 0 amide bonds. The summed E-state index contributed by atoms with van der Waals surface area (Å²) >= 11 is 0.750. The van der Waals surface area contributed by atoms with E-state index in [0.29, 0.717) is 11.8 Å². The minimum atomic E-state index is 0.0715. The summed E-state index contributed by atoms with van der Waals surface area (Å²) in [6.45, 7) is 8.94. The minimum absolute atomic E-state index is 0.0715. The fourth-order valence-electron chi connectivity index (χ4n) is 7.82. The van der Waals surface area contributed by atoms with Crippen molar-refractivity contribution in [3.63, 3.8) is 0 Å². The van der Waals surface area contributed by atoms with Gasteiger partial charge in [-0.25, -0.2) is 0 Å². The van der Waals surface area contributed by atoms with Crippen LogP contribution in [0.15, 0.2) is 36.4 Å². The maximum atomic E-state index is 6.81. The van der Waals surface area contributed by atoms with Crippen LogP contribution >= 0.6 is 12.3 Å². The number of rotatable bonds is 6. The SMILES string of the molecule is Cc1cc2c(cc1OSOON)CCC1C2CC[C@]23O[C@@]2(Cc2ccc(C(C)(C)C)cc2)CCC13. The number of ether oxygens (including phenoxy) is 1. The smallest absolute Gasteiger partial charge is 0.260 e. The molecule has 35 heavy (non-hydrogen) atoms. The molecule has 2 aromatic carbocycles. The van der Waals surface area contributed by atoms with Crippen molar-refractivity contribution >= 4 is 12.3 Å². The van der Waals surface area contributed by atoms with E-state index in [1.807, 2.05) is 0 Å². The van der Waals surface area contributed by atoms with Crippen LogP contribution in [0.2, 0.25) is 0 Å². The summed E-state index contributed by atoms with van der Waals surface area (Å²) in [5.41, 5.74) is 7.27. The molecule has 6 heteroatoms. The van der Waals surface area contributed by atoms with Crippen molar-refractivity contribution in [1.29, 1.82) is 0 Å². The molecule has 2 saturated carbocycles. The molecule has 3 unspecified atom stereocenters. The molecule has 5 atom stereocenters. The van der Waals surface area contributed by atoms with E-state index in [1.54, 1.807) is 0 Å². The molecule has 5 nitrogen and oxygen atoms in total. The third kappa shape index (κ3) is 3.84. The van der Waals surface area contributed by atoms with Gasteiger partial charge in [-0.1, -0.05) is 51.1 Å². The van der Waals surface area contributed by atoms with E-state index in [9.17, 15) is 0 Å². The first-order valence-corrected chi connectivity index (χ1v) is 13.7. The Labute approximate surface area is 213 Å². The standard InChI is InChI=1S/C29H37NO4S/c1-18-15-24-20(16-26(18)31-35-34-33-30)7-10-23-22(24)11-14-29-25(23)12-13-28(29,32-29)17-19-5-8-21(9-6-19)27(2,3)4/h5-6,8-9,15-16,22-23,25H,7,10-14,17,30H2,1-4H3/t22?,23?,25?,28-,29-/m1/s1. The lowest BCUT2D eigenvalue weighted by atomic mass is 9.59. The van der Waals surface area contributed by atoms with Crippen LogP contribution < -0.4 is 10.1 Å². The van der Waals surface area contributed by atoms with Gasteiger partial charge in [-0.3, -0.25) is 0 Å². The predicted octanol–water partition coefficient (Wildman–Crippen LogP) is 6.66. The second kappa shape index (κ2) is 8.49. The highest BCUT2D eigenvalue weighted by molar-refractivity contribution is 7.90. The molecule has 4 aliphatic rings. The Morgan fingerprint density at radius 2 is 1.89 bits per heavy atom. The monoisotopic (exact) mass is 495 g/mol. The zero-order chi connectivity index (χ0) is 24.4. The number of epoxide rings is 1. The quantitative estimate of drug-likeness (QED) is 0.159. The molecule has 0 bridgehead atoms. The molecule has 3 fully saturated rings. The molecule has 1 heterocycles. The van der Waals surface area contributed by atoms with Crippen LogP contribution in [0.25, 0.3) is 0 Å². The first kappa shape index (κ1) is 23.8. The van der Waals surface area contributed by atoms with Crippen molar-refractivity contribution in [2.24, 2.45) is 17.7 Å². The van der Waals surface area contributed by atoms with Gasteiger partial charge in [0, 0.05) is 6.42 Å². The van der Waals surface area contributed by atoms with E-state index in [0.717, 1.165) is 42.4 Å². The van der Waals surface area contributed by atoms with Crippen LogP contribution in [-0.2, 0) is 32.3 Å². The molecule has 3 aliphatic carbocycles. The molecular weight excluding hydrogens is 458 g/mol. The highest BCUT2D eigenvalue weighted by Crippen LogP contribution is 2.72. The lowest BCUT2D eigenvalue weighted by Gasteiger charge is -2.44. The average molecular weight is 496 g/mol. The summed E-state index contributed by atoms with van der Waals surface area (Å²) in [5.74, 6) is 7.77. The van der Waals surface area contributed by atoms with Gasteiger partial charge in [0.05, 0.1) is 0 Å². The van der Waals surface area contributed by atoms with Crippen LogP contribution in [0.5, 0.6) is 5.75 Å². The number of benzene rings is 2. The fourth-order valence-corrected chi connectivity index (χ4v) is 8.13. The molecule has 1 aliphatic heterocycles. The number of aryl methyl sites for hydroxylation is 2. The largest absolute Gasteiger partial charge is 0.398 e. The van der Waals surface area contributed by atoms with Crippen molar-refractivity contribution in [1.82, 2.24) is 0 Å². The van der Waals surface area contributed by atoms with Crippen molar-refractivity contribution in [2.45, 2.75) is 95.2 Å². The Balaban J connectivity index is 1.19.